The molecule has 0 bridgehead atoms. The van der Waals surface area contributed by atoms with Crippen LogP contribution in [0.2, 0.25) is 10.2 Å². The van der Waals surface area contributed by atoms with Crippen molar-refractivity contribution in [2.75, 3.05) is 32.8 Å². The van der Waals surface area contributed by atoms with Crippen LogP contribution >= 0.6 is 23.2 Å². The van der Waals surface area contributed by atoms with Gasteiger partial charge in [-0.2, -0.15) is 5.10 Å². The summed E-state index contributed by atoms with van der Waals surface area (Å²) in [5, 5.41) is 8.77. The molecule has 1 aromatic heterocycles. The predicted molar refractivity (Wildman–Crippen MR) is 125 cm³/mol. The van der Waals surface area contributed by atoms with Gasteiger partial charge in [-0.15, -0.1) is 0 Å². The highest BCUT2D eigenvalue weighted by atomic mass is 35.5. The summed E-state index contributed by atoms with van der Waals surface area (Å²) in [6, 6.07) is 7.84. The van der Waals surface area contributed by atoms with Gasteiger partial charge < -0.3 is 10.1 Å². The number of benzene rings is 1. The Kier molecular flexibility index (Phi) is 8.55. The van der Waals surface area contributed by atoms with Crippen molar-refractivity contribution >= 4 is 35.2 Å². The third-order valence-electron chi connectivity index (χ3n) is 5.26. The number of aryl methyl sites for hydroxylation is 1. The van der Waals surface area contributed by atoms with E-state index in [9.17, 15) is 4.79 Å². The molecule has 1 unspecified atom stereocenters. The molecule has 1 N–H and O–H groups in total. The largest absolute Gasteiger partial charge is 0.379 e. The summed E-state index contributed by atoms with van der Waals surface area (Å²) in [6.07, 6.45) is 3.26. The summed E-state index contributed by atoms with van der Waals surface area (Å²) in [6.45, 7) is 10.4. The Morgan fingerprint density at radius 3 is 2.55 bits per heavy atom. The zero-order chi connectivity index (χ0) is 22.4. The molecule has 31 heavy (non-hydrogen) atoms. The molecule has 1 atom stereocenters. The van der Waals surface area contributed by atoms with Crippen LogP contribution in [0.1, 0.15) is 36.7 Å². The normalized spacial score (nSPS) is 16.2. The molecule has 0 spiro atoms. The Morgan fingerprint density at radius 2 is 1.90 bits per heavy atom. The van der Waals surface area contributed by atoms with Crippen molar-refractivity contribution in [2.45, 2.75) is 33.4 Å². The third-order valence-corrected chi connectivity index (χ3v) is 5.91. The lowest BCUT2D eigenvalue weighted by atomic mass is 10.0. The number of nitrogens with one attached hydrogen (secondary N) is 1. The van der Waals surface area contributed by atoms with Crippen LogP contribution in [0.15, 0.2) is 30.3 Å². The standard InChI is InChI=1S/C23H30Cl2N4O2/c1-16(2)15-29-23(25)20(17(3)27-29)8-9-22(30)26-14-21(28-10-12-31-13-11-28)18-4-6-19(24)7-5-18/h4-9,16,21H,10-15H2,1-3H3,(H,26,30). The number of morpholine rings is 1. The SMILES string of the molecule is Cc1nn(CC(C)C)c(Cl)c1C=CC(=O)NCC(c1ccc(Cl)cc1)N1CCOCC1. The Morgan fingerprint density at radius 1 is 1.23 bits per heavy atom. The molecular formula is C23H30Cl2N4O2. The van der Waals surface area contributed by atoms with E-state index in [0.717, 1.165) is 36.5 Å². The molecule has 0 radical (unpaired) electrons. The van der Waals surface area contributed by atoms with Crippen LogP contribution in [0.5, 0.6) is 0 Å². The minimum Gasteiger partial charge on any atom is -0.379 e. The Labute approximate surface area is 194 Å². The molecule has 1 aliphatic heterocycles. The maximum Gasteiger partial charge on any atom is 0.244 e. The van der Waals surface area contributed by atoms with Gasteiger partial charge in [-0.05, 0) is 36.6 Å². The van der Waals surface area contributed by atoms with Gasteiger partial charge in [-0.25, -0.2) is 0 Å². The molecule has 6 nitrogen and oxygen atoms in total. The zero-order valence-corrected chi connectivity index (χ0v) is 19.8. The lowest BCUT2D eigenvalue weighted by Crippen LogP contribution is -2.43. The number of hydrogen-bond donors (Lipinski definition) is 1. The minimum atomic E-state index is -0.167. The molecule has 0 saturated carbocycles. The number of aromatic nitrogens is 2. The van der Waals surface area contributed by atoms with E-state index in [0.29, 0.717) is 35.9 Å². The molecule has 1 aromatic carbocycles. The zero-order valence-electron chi connectivity index (χ0n) is 18.3. The summed E-state index contributed by atoms with van der Waals surface area (Å²) in [5.41, 5.74) is 2.70. The number of halogens is 2. The maximum atomic E-state index is 12.6. The number of ether oxygens (including phenoxy) is 1. The number of carbonyl (C=O) groups excluding carboxylic acids is 1. The van der Waals surface area contributed by atoms with Crippen molar-refractivity contribution in [3.05, 3.63) is 57.3 Å². The van der Waals surface area contributed by atoms with Crippen LogP contribution in [0.4, 0.5) is 0 Å². The number of amides is 1. The molecular weight excluding hydrogens is 435 g/mol. The van der Waals surface area contributed by atoms with Crippen LogP contribution in [-0.4, -0.2) is 53.4 Å². The quantitative estimate of drug-likeness (QED) is 0.589. The van der Waals surface area contributed by atoms with Crippen molar-refractivity contribution in [1.82, 2.24) is 20.0 Å². The minimum absolute atomic E-state index is 0.0534. The van der Waals surface area contributed by atoms with Gasteiger partial charge >= 0.3 is 0 Å². The highest BCUT2D eigenvalue weighted by Gasteiger charge is 2.23. The highest BCUT2D eigenvalue weighted by Crippen LogP contribution is 2.24. The van der Waals surface area contributed by atoms with Crippen molar-refractivity contribution in [3.8, 4) is 0 Å². The first-order chi connectivity index (χ1) is 14.8. The molecule has 8 heteroatoms. The lowest BCUT2D eigenvalue weighted by molar-refractivity contribution is -0.116. The van der Waals surface area contributed by atoms with Crippen LogP contribution in [0, 0.1) is 12.8 Å². The summed E-state index contributed by atoms with van der Waals surface area (Å²) in [4.78, 5) is 14.9. The molecule has 168 valence electrons. The second-order valence-corrected chi connectivity index (χ2v) is 8.95. The van der Waals surface area contributed by atoms with Gasteiger partial charge in [0.2, 0.25) is 5.91 Å². The first-order valence-electron chi connectivity index (χ1n) is 10.6. The van der Waals surface area contributed by atoms with Crippen molar-refractivity contribution in [3.63, 3.8) is 0 Å². The van der Waals surface area contributed by atoms with E-state index < -0.39 is 0 Å². The van der Waals surface area contributed by atoms with Crippen molar-refractivity contribution in [1.29, 1.82) is 0 Å². The third kappa shape index (κ3) is 6.56. The van der Waals surface area contributed by atoms with Gasteiger partial charge in [-0.1, -0.05) is 49.2 Å². The van der Waals surface area contributed by atoms with E-state index in [1.54, 1.807) is 10.8 Å². The predicted octanol–water partition coefficient (Wildman–Crippen LogP) is 4.36. The van der Waals surface area contributed by atoms with Gasteiger partial charge in [0, 0.05) is 42.8 Å². The van der Waals surface area contributed by atoms with E-state index in [-0.39, 0.29) is 11.9 Å². The van der Waals surface area contributed by atoms with Gasteiger partial charge in [-0.3, -0.25) is 14.4 Å². The first kappa shape index (κ1) is 23.8. The fourth-order valence-electron chi connectivity index (χ4n) is 3.67. The van der Waals surface area contributed by atoms with Gasteiger partial charge in [0.15, 0.2) is 0 Å². The van der Waals surface area contributed by atoms with Crippen LogP contribution in [0.25, 0.3) is 6.08 Å². The van der Waals surface area contributed by atoms with E-state index >= 15 is 0 Å². The van der Waals surface area contributed by atoms with E-state index in [4.69, 9.17) is 27.9 Å². The van der Waals surface area contributed by atoms with Gasteiger partial charge in [0.05, 0.1) is 24.9 Å². The number of hydrogen-bond acceptors (Lipinski definition) is 4. The fraction of sp³-hybridized carbons (Fsp3) is 0.478. The molecule has 3 rings (SSSR count). The number of carbonyl (C=O) groups is 1. The monoisotopic (exact) mass is 464 g/mol. The van der Waals surface area contributed by atoms with Gasteiger partial charge in [0.1, 0.15) is 5.15 Å². The van der Waals surface area contributed by atoms with Crippen LogP contribution < -0.4 is 5.32 Å². The fourth-order valence-corrected chi connectivity index (χ4v) is 4.10. The van der Waals surface area contributed by atoms with E-state index in [1.165, 1.54) is 6.08 Å². The maximum absolute atomic E-state index is 12.6. The molecule has 1 saturated heterocycles. The van der Waals surface area contributed by atoms with Crippen LogP contribution in [0.3, 0.4) is 0 Å². The average Bonchev–Trinajstić information content (AvgIpc) is 3.00. The Hall–Kier alpha value is -1.86. The molecule has 1 aliphatic rings. The first-order valence-corrected chi connectivity index (χ1v) is 11.4. The number of rotatable bonds is 8. The molecule has 2 aromatic rings. The van der Waals surface area contributed by atoms with E-state index in [2.05, 4.69) is 29.2 Å². The number of nitrogens with zero attached hydrogens (tertiary/aromatic N) is 3. The molecule has 2 heterocycles. The van der Waals surface area contributed by atoms with E-state index in [1.807, 2.05) is 31.2 Å². The smallest absolute Gasteiger partial charge is 0.244 e. The van der Waals surface area contributed by atoms with Crippen LogP contribution in [-0.2, 0) is 16.1 Å². The Balaban J connectivity index is 1.67. The van der Waals surface area contributed by atoms with Crippen molar-refractivity contribution in [2.24, 2.45) is 5.92 Å². The molecule has 1 amide bonds. The topological polar surface area (TPSA) is 59.4 Å². The Bertz CT molecular complexity index is 903. The summed E-state index contributed by atoms with van der Waals surface area (Å²) < 4.78 is 7.27. The molecule has 1 fully saturated rings. The lowest BCUT2D eigenvalue weighted by Gasteiger charge is -2.34. The second-order valence-electron chi connectivity index (χ2n) is 8.16. The summed E-state index contributed by atoms with van der Waals surface area (Å²) in [7, 11) is 0. The average molecular weight is 465 g/mol. The molecule has 0 aliphatic carbocycles. The highest BCUT2D eigenvalue weighted by molar-refractivity contribution is 6.31. The second kappa shape index (κ2) is 11.1. The summed E-state index contributed by atoms with van der Waals surface area (Å²) in [5.74, 6) is 0.265. The van der Waals surface area contributed by atoms with Gasteiger partial charge in [0.25, 0.3) is 0 Å². The van der Waals surface area contributed by atoms with Crippen molar-refractivity contribution < 1.29 is 9.53 Å². The summed E-state index contributed by atoms with van der Waals surface area (Å²) >= 11 is 12.5.